The molecule has 0 aromatic heterocycles. The summed E-state index contributed by atoms with van der Waals surface area (Å²) in [7, 11) is 0. The van der Waals surface area contributed by atoms with Gasteiger partial charge in [-0.25, -0.2) is 0 Å². The highest BCUT2D eigenvalue weighted by molar-refractivity contribution is 5.97. The molecule has 1 fully saturated rings. The maximum absolute atomic E-state index is 12.3. The van der Waals surface area contributed by atoms with E-state index in [2.05, 4.69) is 5.32 Å². The van der Waals surface area contributed by atoms with E-state index in [1.165, 1.54) is 0 Å². The number of benzene rings is 1. The molecular weight excluding hydrogens is 226 g/mol. The monoisotopic (exact) mass is 247 g/mol. The van der Waals surface area contributed by atoms with Crippen LogP contribution in [0.25, 0.3) is 0 Å². The van der Waals surface area contributed by atoms with Crippen LogP contribution in [0.4, 0.5) is 0 Å². The van der Waals surface area contributed by atoms with Crippen LogP contribution in [0.1, 0.15) is 42.6 Å². The van der Waals surface area contributed by atoms with Gasteiger partial charge in [0, 0.05) is 11.5 Å². The van der Waals surface area contributed by atoms with E-state index in [0.717, 1.165) is 37.1 Å². The van der Waals surface area contributed by atoms with E-state index in [-0.39, 0.29) is 11.7 Å². The van der Waals surface area contributed by atoms with Gasteiger partial charge in [0.05, 0.1) is 5.60 Å². The highest BCUT2D eigenvalue weighted by atomic mass is 16.3. The second-order valence-corrected chi connectivity index (χ2v) is 5.52. The first kappa shape index (κ1) is 13.2. The molecular formula is C15H21NO2. The fraction of sp³-hybridized carbons (Fsp3) is 0.533. The van der Waals surface area contributed by atoms with Crippen LogP contribution in [-0.4, -0.2) is 24.0 Å². The lowest BCUT2D eigenvalue weighted by molar-refractivity contribution is 0.0783. The Bertz CT molecular complexity index is 411. The molecule has 1 aromatic rings. The number of hydrogen-bond donors (Lipinski definition) is 2. The van der Waals surface area contributed by atoms with Gasteiger partial charge in [-0.1, -0.05) is 24.3 Å². The zero-order valence-electron chi connectivity index (χ0n) is 11.1. The molecule has 2 N–H and O–H groups in total. The standard InChI is InChI=1S/C15H21NO2/c1-15(2,18)13-5-3-11(4-6-13)14(17)12-7-9-16-10-8-12/h3-6,12,16,18H,7-10H2,1-2H3. The Kier molecular flexibility index (Phi) is 3.83. The molecule has 1 aliphatic heterocycles. The molecule has 1 saturated heterocycles. The number of carbonyl (C=O) groups excluding carboxylic acids is 1. The molecule has 0 bridgehead atoms. The average Bonchev–Trinajstić information content (AvgIpc) is 2.38. The number of hydrogen-bond acceptors (Lipinski definition) is 3. The van der Waals surface area contributed by atoms with Crippen LogP contribution in [0.5, 0.6) is 0 Å². The van der Waals surface area contributed by atoms with Gasteiger partial charge in [0.15, 0.2) is 5.78 Å². The molecule has 18 heavy (non-hydrogen) atoms. The van der Waals surface area contributed by atoms with Gasteiger partial charge in [0.2, 0.25) is 0 Å². The third kappa shape index (κ3) is 2.98. The quantitative estimate of drug-likeness (QED) is 0.804. The van der Waals surface area contributed by atoms with Gasteiger partial charge >= 0.3 is 0 Å². The highest BCUT2D eigenvalue weighted by Gasteiger charge is 2.23. The molecule has 1 heterocycles. The number of piperidine rings is 1. The van der Waals surface area contributed by atoms with Crippen LogP contribution in [0.3, 0.4) is 0 Å². The largest absolute Gasteiger partial charge is 0.386 e. The Hall–Kier alpha value is -1.19. The van der Waals surface area contributed by atoms with E-state index in [1.807, 2.05) is 24.3 Å². The maximum Gasteiger partial charge on any atom is 0.166 e. The molecule has 0 unspecified atom stereocenters. The Morgan fingerprint density at radius 3 is 2.28 bits per heavy atom. The first-order valence-electron chi connectivity index (χ1n) is 6.56. The van der Waals surface area contributed by atoms with Gasteiger partial charge in [-0.05, 0) is 45.3 Å². The van der Waals surface area contributed by atoms with Gasteiger partial charge < -0.3 is 10.4 Å². The molecule has 3 heteroatoms. The average molecular weight is 247 g/mol. The van der Waals surface area contributed by atoms with Crippen LogP contribution in [0.2, 0.25) is 0 Å². The van der Waals surface area contributed by atoms with Crippen molar-refractivity contribution in [3.63, 3.8) is 0 Å². The number of nitrogens with one attached hydrogen (secondary N) is 1. The van der Waals surface area contributed by atoms with E-state index in [4.69, 9.17) is 0 Å². The minimum absolute atomic E-state index is 0.152. The van der Waals surface area contributed by atoms with Crippen LogP contribution in [-0.2, 0) is 5.60 Å². The van der Waals surface area contributed by atoms with Gasteiger partial charge in [-0.2, -0.15) is 0 Å². The fourth-order valence-corrected chi connectivity index (χ4v) is 2.36. The summed E-state index contributed by atoms with van der Waals surface area (Å²) in [5.74, 6) is 0.387. The van der Waals surface area contributed by atoms with E-state index >= 15 is 0 Å². The topological polar surface area (TPSA) is 49.3 Å². The zero-order valence-corrected chi connectivity index (χ0v) is 11.1. The normalized spacial score (nSPS) is 17.7. The summed E-state index contributed by atoms with van der Waals surface area (Å²) in [6.07, 6.45) is 1.85. The summed E-state index contributed by atoms with van der Waals surface area (Å²) in [6.45, 7) is 5.35. The van der Waals surface area contributed by atoms with Gasteiger partial charge in [0.25, 0.3) is 0 Å². The lowest BCUT2D eigenvalue weighted by Crippen LogP contribution is -2.31. The maximum atomic E-state index is 12.3. The summed E-state index contributed by atoms with van der Waals surface area (Å²) in [5, 5.41) is 13.1. The van der Waals surface area contributed by atoms with Gasteiger partial charge in [-0.3, -0.25) is 4.79 Å². The molecule has 0 aliphatic carbocycles. The van der Waals surface area contributed by atoms with Gasteiger partial charge in [-0.15, -0.1) is 0 Å². The minimum Gasteiger partial charge on any atom is -0.386 e. The number of aliphatic hydroxyl groups is 1. The Labute approximate surface area is 108 Å². The van der Waals surface area contributed by atoms with E-state index < -0.39 is 5.60 Å². The summed E-state index contributed by atoms with van der Waals surface area (Å²) in [6, 6.07) is 7.35. The van der Waals surface area contributed by atoms with E-state index in [1.54, 1.807) is 13.8 Å². The van der Waals surface area contributed by atoms with Crippen LogP contribution in [0.15, 0.2) is 24.3 Å². The molecule has 0 atom stereocenters. The molecule has 2 rings (SSSR count). The molecule has 98 valence electrons. The zero-order chi connectivity index (χ0) is 13.2. The van der Waals surface area contributed by atoms with Crippen molar-refractivity contribution in [3.8, 4) is 0 Å². The highest BCUT2D eigenvalue weighted by Crippen LogP contribution is 2.22. The second-order valence-electron chi connectivity index (χ2n) is 5.52. The molecule has 1 aliphatic rings. The van der Waals surface area contributed by atoms with Crippen molar-refractivity contribution in [2.45, 2.75) is 32.3 Å². The smallest absolute Gasteiger partial charge is 0.166 e. The minimum atomic E-state index is -0.851. The fourth-order valence-electron chi connectivity index (χ4n) is 2.36. The van der Waals surface area contributed by atoms with Crippen molar-refractivity contribution >= 4 is 5.78 Å². The van der Waals surface area contributed by atoms with Crippen molar-refractivity contribution in [3.05, 3.63) is 35.4 Å². The summed E-state index contributed by atoms with van der Waals surface area (Å²) in [5.41, 5.74) is 0.746. The van der Waals surface area contributed by atoms with Crippen molar-refractivity contribution in [2.24, 2.45) is 5.92 Å². The third-order valence-electron chi connectivity index (χ3n) is 3.59. The van der Waals surface area contributed by atoms with E-state index in [0.29, 0.717) is 0 Å². The second kappa shape index (κ2) is 5.21. The molecule has 0 radical (unpaired) electrons. The lowest BCUT2D eigenvalue weighted by Gasteiger charge is -2.22. The molecule has 0 amide bonds. The predicted octanol–water partition coefficient (Wildman–Crippen LogP) is 2.10. The molecule has 0 spiro atoms. The Morgan fingerprint density at radius 1 is 1.22 bits per heavy atom. The van der Waals surface area contributed by atoms with Crippen LogP contribution >= 0.6 is 0 Å². The number of carbonyl (C=O) groups is 1. The molecule has 1 aromatic carbocycles. The number of ketones is 1. The van der Waals surface area contributed by atoms with E-state index in [9.17, 15) is 9.90 Å². The van der Waals surface area contributed by atoms with Crippen molar-refractivity contribution < 1.29 is 9.90 Å². The first-order chi connectivity index (χ1) is 8.48. The van der Waals surface area contributed by atoms with Crippen molar-refractivity contribution in [2.75, 3.05) is 13.1 Å². The van der Waals surface area contributed by atoms with Crippen LogP contribution in [0, 0.1) is 5.92 Å². The van der Waals surface area contributed by atoms with Gasteiger partial charge in [0.1, 0.15) is 0 Å². The third-order valence-corrected chi connectivity index (χ3v) is 3.59. The summed E-state index contributed by atoms with van der Waals surface area (Å²) >= 11 is 0. The summed E-state index contributed by atoms with van der Waals surface area (Å²) in [4.78, 5) is 12.3. The molecule has 0 saturated carbocycles. The number of rotatable bonds is 3. The SMILES string of the molecule is CC(C)(O)c1ccc(C(=O)C2CCNCC2)cc1. The number of Topliss-reactive ketones (excluding diaryl/α,β-unsaturated/α-hetero) is 1. The first-order valence-corrected chi connectivity index (χ1v) is 6.56. The molecule has 3 nitrogen and oxygen atoms in total. The summed E-state index contributed by atoms with van der Waals surface area (Å²) < 4.78 is 0. The van der Waals surface area contributed by atoms with Crippen molar-refractivity contribution in [1.82, 2.24) is 5.32 Å². The van der Waals surface area contributed by atoms with Crippen molar-refractivity contribution in [1.29, 1.82) is 0 Å². The lowest BCUT2D eigenvalue weighted by atomic mass is 9.88. The predicted molar refractivity (Wildman–Crippen MR) is 71.6 cm³/mol. The Balaban J connectivity index is 2.11. The van der Waals surface area contributed by atoms with Crippen LogP contribution < -0.4 is 5.32 Å². The Morgan fingerprint density at radius 2 is 1.78 bits per heavy atom.